The highest BCUT2D eigenvalue weighted by Gasteiger charge is 2.33. The smallest absolute Gasteiger partial charge is 0.321 e. The van der Waals surface area contributed by atoms with Crippen LogP contribution in [0.5, 0.6) is 0 Å². The average molecular weight is 281 g/mol. The van der Waals surface area contributed by atoms with Crippen molar-refractivity contribution in [1.82, 2.24) is 4.90 Å². The second kappa shape index (κ2) is 5.83. The number of rotatable bonds is 4. The Hall–Kier alpha value is -1.22. The molecule has 1 fully saturated rings. The maximum Gasteiger partial charge on any atom is 0.322 e. The van der Waals surface area contributed by atoms with Gasteiger partial charge in [0.25, 0.3) is 0 Å². The summed E-state index contributed by atoms with van der Waals surface area (Å²) < 4.78 is 0. The number of nitrogens with zero attached hydrogens (tertiary/aromatic N) is 1. The first-order valence-electron chi connectivity index (χ1n) is 6.81. The fourth-order valence-corrected chi connectivity index (χ4v) is 2.37. The molecule has 1 aromatic carbocycles. The van der Waals surface area contributed by atoms with Crippen molar-refractivity contribution in [2.45, 2.75) is 39.7 Å². The number of carbonyl (C=O) groups is 1. The molecule has 104 valence electrons. The van der Waals surface area contributed by atoms with Gasteiger partial charge in [-0.25, -0.2) is 4.79 Å². The lowest BCUT2D eigenvalue weighted by Gasteiger charge is -2.25. The molecule has 0 radical (unpaired) electrons. The molecule has 19 heavy (non-hydrogen) atoms. The lowest BCUT2D eigenvalue weighted by Crippen LogP contribution is -2.39. The van der Waals surface area contributed by atoms with Crippen LogP contribution >= 0.6 is 11.6 Å². The second-order valence-corrected chi connectivity index (χ2v) is 6.10. The van der Waals surface area contributed by atoms with Crippen LogP contribution in [0.4, 0.5) is 10.5 Å². The van der Waals surface area contributed by atoms with Crippen molar-refractivity contribution in [2.24, 2.45) is 5.92 Å². The van der Waals surface area contributed by atoms with E-state index in [9.17, 15) is 4.79 Å². The third-order valence-electron chi connectivity index (χ3n) is 3.18. The molecule has 3 nitrogen and oxygen atoms in total. The minimum atomic E-state index is -0.0399. The van der Waals surface area contributed by atoms with E-state index in [1.54, 1.807) is 0 Å². The Bertz CT molecular complexity index is 469. The Morgan fingerprint density at radius 3 is 2.68 bits per heavy atom. The van der Waals surface area contributed by atoms with E-state index in [0.717, 1.165) is 24.9 Å². The summed E-state index contributed by atoms with van der Waals surface area (Å²) in [6.45, 7) is 7.02. The van der Waals surface area contributed by atoms with E-state index in [0.29, 0.717) is 22.7 Å². The molecule has 2 rings (SSSR count). The fourth-order valence-electron chi connectivity index (χ4n) is 2.09. The number of nitrogens with one attached hydrogen (secondary N) is 1. The molecule has 0 aromatic heterocycles. The van der Waals surface area contributed by atoms with Gasteiger partial charge in [0.1, 0.15) is 0 Å². The molecule has 1 aliphatic rings. The summed E-state index contributed by atoms with van der Waals surface area (Å²) in [5, 5.41) is 3.51. The molecule has 1 saturated carbocycles. The summed E-state index contributed by atoms with van der Waals surface area (Å²) in [7, 11) is 0. The van der Waals surface area contributed by atoms with Crippen LogP contribution in [0.1, 0.15) is 32.3 Å². The molecule has 0 atom stereocenters. The monoisotopic (exact) mass is 280 g/mol. The van der Waals surface area contributed by atoms with Gasteiger partial charge in [-0.15, -0.1) is 0 Å². The predicted molar refractivity (Wildman–Crippen MR) is 79.8 cm³/mol. The lowest BCUT2D eigenvalue weighted by molar-refractivity contribution is 0.201. The van der Waals surface area contributed by atoms with Crippen molar-refractivity contribution in [3.8, 4) is 0 Å². The maximum absolute atomic E-state index is 12.3. The number of anilines is 1. The van der Waals surface area contributed by atoms with Gasteiger partial charge < -0.3 is 10.2 Å². The van der Waals surface area contributed by atoms with Crippen LogP contribution in [0, 0.1) is 12.8 Å². The van der Waals surface area contributed by atoms with E-state index in [1.807, 2.05) is 30.0 Å². The third-order valence-corrected chi connectivity index (χ3v) is 3.49. The van der Waals surface area contributed by atoms with Crippen molar-refractivity contribution in [3.05, 3.63) is 28.8 Å². The number of urea groups is 1. The van der Waals surface area contributed by atoms with Crippen molar-refractivity contribution in [3.63, 3.8) is 0 Å². The summed E-state index contributed by atoms with van der Waals surface area (Å²) in [5.41, 5.74) is 1.77. The van der Waals surface area contributed by atoms with Crippen LogP contribution in [-0.4, -0.2) is 23.5 Å². The second-order valence-electron chi connectivity index (χ2n) is 5.69. The zero-order valence-electron chi connectivity index (χ0n) is 11.7. The highest BCUT2D eigenvalue weighted by atomic mass is 35.5. The van der Waals surface area contributed by atoms with Gasteiger partial charge in [0.05, 0.1) is 10.7 Å². The Morgan fingerprint density at radius 2 is 2.16 bits per heavy atom. The molecular formula is C15H21ClN2O. The van der Waals surface area contributed by atoms with Crippen LogP contribution in [0.3, 0.4) is 0 Å². The minimum Gasteiger partial charge on any atom is -0.321 e. The van der Waals surface area contributed by atoms with Crippen molar-refractivity contribution < 1.29 is 4.79 Å². The van der Waals surface area contributed by atoms with Gasteiger partial charge in [-0.1, -0.05) is 31.5 Å². The van der Waals surface area contributed by atoms with E-state index >= 15 is 0 Å². The van der Waals surface area contributed by atoms with E-state index in [2.05, 4.69) is 19.2 Å². The lowest BCUT2D eigenvalue weighted by atomic mass is 10.2. The normalized spacial score (nSPS) is 14.6. The molecule has 0 aliphatic heterocycles. The van der Waals surface area contributed by atoms with Gasteiger partial charge >= 0.3 is 6.03 Å². The van der Waals surface area contributed by atoms with Gasteiger partial charge in [-0.05, 0) is 43.4 Å². The first-order valence-corrected chi connectivity index (χ1v) is 7.19. The third kappa shape index (κ3) is 3.87. The Kier molecular flexibility index (Phi) is 4.35. The first kappa shape index (κ1) is 14.2. The largest absolute Gasteiger partial charge is 0.322 e. The highest BCUT2D eigenvalue weighted by molar-refractivity contribution is 6.33. The summed E-state index contributed by atoms with van der Waals surface area (Å²) in [6, 6.07) is 6.04. The molecule has 0 unspecified atom stereocenters. The Balaban J connectivity index is 2.05. The number of halogens is 1. The summed E-state index contributed by atoms with van der Waals surface area (Å²) in [6.07, 6.45) is 2.23. The van der Waals surface area contributed by atoms with Crippen LogP contribution in [0.25, 0.3) is 0 Å². The number of benzene rings is 1. The minimum absolute atomic E-state index is 0.0399. The molecule has 0 spiro atoms. The van der Waals surface area contributed by atoms with Gasteiger partial charge in [0, 0.05) is 12.6 Å². The van der Waals surface area contributed by atoms with Gasteiger partial charge in [0.15, 0.2) is 0 Å². The molecule has 0 saturated heterocycles. The molecule has 1 aliphatic carbocycles. The quantitative estimate of drug-likeness (QED) is 0.876. The number of hydrogen-bond acceptors (Lipinski definition) is 1. The molecule has 4 heteroatoms. The van der Waals surface area contributed by atoms with Crippen molar-refractivity contribution in [1.29, 1.82) is 0 Å². The predicted octanol–water partition coefficient (Wildman–Crippen LogP) is 4.30. The van der Waals surface area contributed by atoms with Crippen LogP contribution in [0.15, 0.2) is 18.2 Å². The summed E-state index contributed by atoms with van der Waals surface area (Å²) >= 11 is 6.15. The first-order chi connectivity index (χ1) is 8.97. The number of hydrogen-bond donors (Lipinski definition) is 1. The number of amides is 2. The topological polar surface area (TPSA) is 32.3 Å². The zero-order chi connectivity index (χ0) is 14.0. The summed E-state index contributed by atoms with van der Waals surface area (Å²) in [4.78, 5) is 14.3. The molecule has 2 amide bonds. The molecule has 1 N–H and O–H groups in total. The molecule has 0 bridgehead atoms. The fraction of sp³-hybridized carbons (Fsp3) is 0.533. The SMILES string of the molecule is Cc1ccc(NC(=O)N(CC(C)C)C2CC2)c(Cl)c1. The van der Waals surface area contributed by atoms with Gasteiger partial charge in [-0.3, -0.25) is 0 Å². The van der Waals surface area contributed by atoms with Crippen LogP contribution in [-0.2, 0) is 0 Å². The van der Waals surface area contributed by atoms with E-state index in [1.165, 1.54) is 0 Å². The van der Waals surface area contributed by atoms with E-state index in [4.69, 9.17) is 11.6 Å². The Morgan fingerprint density at radius 1 is 1.47 bits per heavy atom. The van der Waals surface area contributed by atoms with Crippen molar-refractivity contribution >= 4 is 23.3 Å². The average Bonchev–Trinajstić information content (AvgIpc) is 3.13. The van der Waals surface area contributed by atoms with Gasteiger partial charge in [0.2, 0.25) is 0 Å². The van der Waals surface area contributed by atoms with Crippen LogP contribution < -0.4 is 5.32 Å². The van der Waals surface area contributed by atoms with Gasteiger partial charge in [-0.2, -0.15) is 0 Å². The molecule has 1 aromatic rings. The van der Waals surface area contributed by atoms with E-state index < -0.39 is 0 Å². The number of aryl methyl sites for hydroxylation is 1. The standard InChI is InChI=1S/C15H21ClN2O/c1-10(2)9-18(12-5-6-12)15(19)17-14-7-4-11(3)8-13(14)16/h4,7-8,10,12H,5-6,9H2,1-3H3,(H,17,19). The highest BCUT2D eigenvalue weighted by Crippen LogP contribution is 2.29. The number of carbonyl (C=O) groups excluding carboxylic acids is 1. The van der Waals surface area contributed by atoms with E-state index in [-0.39, 0.29) is 6.03 Å². The molecular weight excluding hydrogens is 260 g/mol. The van der Waals surface area contributed by atoms with Crippen LogP contribution in [0.2, 0.25) is 5.02 Å². The Labute approximate surface area is 119 Å². The summed E-state index contributed by atoms with van der Waals surface area (Å²) in [5.74, 6) is 0.472. The molecule has 0 heterocycles. The zero-order valence-corrected chi connectivity index (χ0v) is 12.5. The maximum atomic E-state index is 12.3. The van der Waals surface area contributed by atoms with Crippen molar-refractivity contribution in [2.75, 3.05) is 11.9 Å².